The van der Waals surface area contributed by atoms with Gasteiger partial charge in [-0.25, -0.2) is 0 Å². The van der Waals surface area contributed by atoms with Crippen molar-refractivity contribution in [3.63, 3.8) is 0 Å². The lowest BCUT2D eigenvalue weighted by Gasteiger charge is -2.27. The molecule has 17 heavy (non-hydrogen) atoms. The Morgan fingerprint density at radius 3 is 2.24 bits per heavy atom. The molecule has 0 unspecified atom stereocenters. The van der Waals surface area contributed by atoms with Gasteiger partial charge in [0.25, 0.3) is 0 Å². The maximum atomic E-state index is 11.7. The molecule has 0 aromatic carbocycles. The molecule has 0 aromatic rings. The highest BCUT2D eigenvalue weighted by Gasteiger charge is 2.17. The van der Waals surface area contributed by atoms with Crippen LogP contribution in [0.3, 0.4) is 0 Å². The van der Waals surface area contributed by atoms with Gasteiger partial charge < -0.3 is 19.7 Å². The molecule has 0 spiro atoms. The van der Waals surface area contributed by atoms with E-state index in [2.05, 4.69) is 5.32 Å². The quantitative estimate of drug-likeness (QED) is 0.580. The van der Waals surface area contributed by atoms with E-state index < -0.39 is 0 Å². The van der Waals surface area contributed by atoms with Crippen LogP contribution in [0.5, 0.6) is 0 Å². The predicted molar refractivity (Wildman–Crippen MR) is 67.8 cm³/mol. The molecule has 0 saturated carbocycles. The van der Waals surface area contributed by atoms with Gasteiger partial charge in [0, 0.05) is 32.7 Å². The summed E-state index contributed by atoms with van der Waals surface area (Å²) in [6.45, 7) is 8.84. The van der Waals surface area contributed by atoms with Crippen molar-refractivity contribution in [3.8, 4) is 0 Å². The van der Waals surface area contributed by atoms with E-state index >= 15 is 0 Å². The Labute approximate surface area is 104 Å². The summed E-state index contributed by atoms with van der Waals surface area (Å²) in [7, 11) is 1.87. The van der Waals surface area contributed by atoms with Crippen LogP contribution in [-0.4, -0.2) is 57.0 Å². The molecule has 5 heteroatoms. The van der Waals surface area contributed by atoms with Crippen LogP contribution in [0.2, 0.25) is 0 Å². The van der Waals surface area contributed by atoms with Gasteiger partial charge in [-0.3, -0.25) is 4.79 Å². The molecule has 0 aromatic heterocycles. The first kappa shape index (κ1) is 16.4. The van der Waals surface area contributed by atoms with Crippen LogP contribution in [0.4, 0.5) is 0 Å². The molecule has 0 fully saturated rings. The number of nitrogens with zero attached hydrogens (tertiary/aromatic N) is 1. The SMILES string of the molecule is CCOC(CN(CCNC)C(=O)CC)OCC. The number of carbonyl (C=O) groups is 1. The fourth-order valence-electron chi connectivity index (χ4n) is 1.49. The standard InChI is InChI=1S/C12H26N2O3/c1-5-11(15)14(9-8-13-4)10-12(16-6-2)17-7-3/h12-13H,5-10H2,1-4H3. The number of carbonyl (C=O) groups excluding carboxylic acids is 1. The molecule has 1 amide bonds. The van der Waals surface area contributed by atoms with Crippen LogP contribution >= 0.6 is 0 Å². The monoisotopic (exact) mass is 246 g/mol. The number of hydrogen-bond acceptors (Lipinski definition) is 4. The van der Waals surface area contributed by atoms with E-state index in [0.717, 1.165) is 6.54 Å². The van der Waals surface area contributed by atoms with Crippen molar-refractivity contribution in [1.29, 1.82) is 0 Å². The topological polar surface area (TPSA) is 50.8 Å². The van der Waals surface area contributed by atoms with Crippen molar-refractivity contribution in [2.24, 2.45) is 0 Å². The van der Waals surface area contributed by atoms with Crippen molar-refractivity contribution < 1.29 is 14.3 Å². The van der Waals surface area contributed by atoms with Gasteiger partial charge in [0.2, 0.25) is 5.91 Å². The van der Waals surface area contributed by atoms with E-state index in [9.17, 15) is 4.79 Å². The molecule has 0 aliphatic rings. The molecule has 0 rings (SSSR count). The summed E-state index contributed by atoms with van der Waals surface area (Å²) >= 11 is 0. The zero-order valence-corrected chi connectivity index (χ0v) is 11.5. The zero-order valence-electron chi connectivity index (χ0n) is 11.5. The predicted octanol–water partition coefficient (Wildman–Crippen LogP) is 0.844. The first-order valence-corrected chi connectivity index (χ1v) is 6.35. The fourth-order valence-corrected chi connectivity index (χ4v) is 1.49. The summed E-state index contributed by atoms with van der Waals surface area (Å²) in [5.74, 6) is 0.129. The molecule has 5 nitrogen and oxygen atoms in total. The van der Waals surface area contributed by atoms with Crippen LogP contribution in [0.1, 0.15) is 27.2 Å². The number of amides is 1. The van der Waals surface area contributed by atoms with Crippen molar-refractivity contribution in [3.05, 3.63) is 0 Å². The van der Waals surface area contributed by atoms with E-state index in [-0.39, 0.29) is 12.2 Å². The van der Waals surface area contributed by atoms with Crippen molar-refractivity contribution in [1.82, 2.24) is 10.2 Å². The average Bonchev–Trinajstić information content (AvgIpc) is 2.33. The summed E-state index contributed by atoms with van der Waals surface area (Å²) in [4.78, 5) is 13.5. The first-order chi connectivity index (χ1) is 8.19. The Hall–Kier alpha value is -0.650. The summed E-state index contributed by atoms with van der Waals surface area (Å²) in [6.07, 6.45) is 0.187. The molecule has 0 atom stereocenters. The molecule has 102 valence electrons. The second-order valence-electron chi connectivity index (χ2n) is 3.64. The Balaban J connectivity index is 4.29. The molecule has 0 heterocycles. The number of hydrogen-bond donors (Lipinski definition) is 1. The van der Waals surface area contributed by atoms with Crippen LogP contribution in [0.25, 0.3) is 0 Å². The summed E-state index contributed by atoms with van der Waals surface area (Å²) in [5.41, 5.74) is 0. The minimum atomic E-state index is -0.322. The maximum Gasteiger partial charge on any atom is 0.222 e. The summed E-state index contributed by atoms with van der Waals surface area (Å²) < 4.78 is 10.9. The van der Waals surface area contributed by atoms with Crippen molar-refractivity contribution >= 4 is 5.91 Å². The molecular weight excluding hydrogens is 220 g/mol. The second kappa shape index (κ2) is 10.5. The Kier molecular flexibility index (Phi) is 10.1. The summed E-state index contributed by atoms with van der Waals surface area (Å²) in [6, 6.07) is 0. The van der Waals surface area contributed by atoms with E-state index in [1.54, 1.807) is 4.90 Å². The van der Waals surface area contributed by atoms with Gasteiger partial charge >= 0.3 is 0 Å². The highest BCUT2D eigenvalue weighted by Crippen LogP contribution is 2.02. The highest BCUT2D eigenvalue weighted by atomic mass is 16.7. The largest absolute Gasteiger partial charge is 0.351 e. The fraction of sp³-hybridized carbons (Fsp3) is 0.917. The molecule has 0 saturated heterocycles. The van der Waals surface area contributed by atoms with Gasteiger partial charge in [0.15, 0.2) is 6.29 Å². The molecule has 1 N–H and O–H groups in total. The number of ether oxygens (including phenoxy) is 2. The smallest absolute Gasteiger partial charge is 0.222 e. The Morgan fingerprint density at radius 2 is 1.82 bits per heavy atom. The van der Waals surface area contributed by atoms with Crippen molar-refractivity contribution in [2.45, 2.75) is 33.5 Å². The number of nitrogens with one attached hydrogen (secondary N) is 1. The molecular formula is C12H26N2O3. The average molecular weight is 246 g/mol. The first-order valence-electron chi connectivity index (χ1n) is 6.35. The summed E-state index contributed by atoms with van der Waals surface area (Å²) in [5, 5.41) is 3.04. The van der Waals surface area contributed by atoms with Gasteiger partial charge in [-0.2, -0.15) is 0 Å². The molecule has 0 aliphatic carbocycles. The van der Waals surface area contributed by atoms with Gasteiger partial charge in [-0.1, -0.05) is 6.92 Å². The van der Waals surface area contributed by atoms with Crippen LogP contribution in [-0.2, 0) is 14.3 Å². The van der Waals surface area contributed by atoms with Gasteiger partial charge in [-0.05, 0) is 20.9 Å². The third kappa shape index (κ3) is 7.31. The van der Waals surface area contributed by atoms with Crippen LogP contribution in [0.15, 0.2) is 0 Å². The lowest BCUT2D eigenvalue weighted by molar-refractivity contribution is -0.158. The van der Waals surface area contributed by atoms with Crippen LogP contribution in [0, 0.1) is 0 Å². The molecule has 0 radical (unpaired) electrons. The highest BCUT2D eigenvalue weighted by molar-refractivity contribution is 5.75. The molecule has 0 aliphatic heterocycles. The second-order valence-corrected chi connectivity index (χ2v) is 3.64. The van der Waals surface area contributed by atoms with Crippen LogP contribution < -0.4 is 5.32 Å². The zero-order chi connectivity index (χ0) is 13.1. The number of rotatable bonds is 10. The van der Waals surface area contributed by atoms with Gasteiger partial charge in [-0.15, -0.1) is 0 Å². The Bertz CT molecular complexity index is 194. The van der Waals surface area contributed by atoms with E-state index in [0.29, 0.717) is 32.7 Å². The minimum absolute atomic E-state index is 0.129. The van der Waals surface area contributed by atoms with E-state index in [1.807, 2.05) is 27.8 Å². The van der Waals surface area contributed by atoms with Gasteiger partial charge in [0.05, 0.1) is 6.54 Å². The lowest BCUT2D eigenvalue weighted by Crippen LogP contribution is -2.42. The van der Waals surface area contributed by atoms with E-state index in [4.69, 9.17) is 9.47 Å². The third-order valence-corrected chi connectivity index (χ3v) is 2.36. The Morgan fingerprint density at radius 1 is 1.24 bits per heavy atom. The van der Waals surface area contributed by atoms with Crippen molar-refractivity contribution in [2.75, 3.05) is 39.9 Å². The number of likely N-dealkylation sites (N-methyl/N-ethyl adjacent to an activating group) is 1. The minimum Gasteiger partial charge on any atom is -0.351 e. The third-order valence-electron chi connectivity index (χ3n) is 2.36. The van der Waals surface area contributed by atoms with E-state index in [1.165, 1.54) is 0 Å². The van der Waals surface area contributed by atoms with Gasteiger partial charge in [0.1, 0.15) is 0 Å². The maximum absolute atomic E-state index is 11.7. The lowest BCUT2D eigenvalue weighted by atomic mass is 10.3. The normalized spacial score (nSPS) is 10.9. The molecule has 0 bridgehead atoms.